The number of piperazine rings is 1. The zero-order chi connectivity index (χ0) is 21.4. The Morgan fingerprint density at radius 3 is 2.58 bits per heavy atom. The van der Waals surface area contributed by atoms with Crippen LogP contribution in [0.2, 0.25) is 0 Å². The predicted octanol–water partition coefficient (Wildman–Crippen LogP) is 4.38. The Hall–Kier alpha value is -2.71. The van der Waals surface area contributed by atoms with E-state index >= 15 is 0 Å². The molecule has 1 saturated heterocycles. The average molecular weight is 440 g/mol. The smallest absolute Gasteiger partial charge is 0.196 e. The number of benzene rings is 2. The lowest BCUT2D eigenvalue weighted by molar-refractivity contribution is 0.272. The van der Waals surface area contributed by atoms with Crippen LogP contribution in [0.1, 0.15) is 5.56 Å². The molecule has 0 amide bonds. The van der Waals surface area contributed by atoms with Crippen LogP contribution in [0.3, 0.4) is 0 Å². The molecule has 0 unspecified atom stereocenters. The molecule has 1 fully saturated rings. The summed E-state index contributed by atoms with van der Waals surface area (Å²) >= 11 is 1.70. The van der Waals surface area contributed by atoms with Gasteiger partial charge in [-0.05, 0) is 36.8 Å². The van der Waals surface area contributed by atoms with E-state index in [0.717, 1.165) is 60.9 Å². The van der Waals surface area contributed by atoms with Gasteiger partial charge in [0.2, 0.25) is 0 Å². The maximum absolute atomic E-state index is 14.0. The summed E-state index contributed by atoms with van der Waals surface area (Å²) in [5.74, 6) is -0.139. The summed E-state index contributed by atoms with van der Waals surface area (Å²) in [4.78, 5) is 4.36. The van der Waals surface area contributed by atoms with Gasteiger partial charge in [0.05, 0.1) is 11.2 Å². The predicted molar refractivity (Wildman–Crippen MR) is 121 cm³/mol. The molecule has 1 aliphatic heterocycles. The molecule has 0 aliphatic carbocycles. The van der Waals surface area contributed by atoms with E-state index in [4.69, 9.17) is 0 Å². The first-order chi connectivity index (χ1) is 15.1. The molecule has 8 heteroatoms. The van der Waals surface area contributed by atoms with Crippen molar-refractivity contribution in [2.75, 3.05) is 43.4 Å². The summed E-state index contributed by atoms with van der Waals surface area (Å²) in [5, 5.41) is 10.9. The number of aromatic nitrogens is 3. The summed E-state index contributed by atoms with van der Waals surface area (Å²) in [7, 11) is 0. The van der Waals surface area contributed by atoms with Crippen LogP contribution in [-0.4, -0.2) is 58.0 Å². The molecule has 0 atom stereocenters. The number of rotatable bonds is 5. The average Bonchev–Trinajstić information content (AvgIpc) is 3.17. The molecule has 0 saturated carbocycles. The molecule has 3 heterocycles. The second-order valence-electron chi connectivity index (χ2n) is 7.79. The quantitative estimate of drug-likeness (QED) is 0.431. The van der Waals surface area contributed by atoms with Crippen molar-refractivity contribution >= 4 is 34.0 Å². The van der Waals surface area contributed by atoms with Crippen molar-refractivity contribution in [1.82, 2.24) is 19.5 Å². The Balaban J connectivity index is 1.22. The SMILES string of the molecule is Cc1cc2nnc(SCCN3CCN(c4ccc(F)cc4F)CC3)n2c2ccccc12. The zero-order valence-electron chi connectivity index (χ0n) is 17.3. The monoisotopic (exact) mass is 439 g/mol. The van der Waals surface area contributed by atoms with Crippen LogP contribution in [0, 0.1) is 18.6 Å². The van der Waals surface area contributed by atoms with Crippen molar-refractivity contribution in [1.29, 1.82) is 0 Å². The largest absolute Gasteiger partial charge is 0.367 e. The summed E-state index contributed by atoms with van der Waals surface area (Å²) in [6, 6.07) is 14.2. The third-order valence-electron chi connectivity index (χ3n) is 5.84. The number of nitrogens with zero attached hydrogens (tertiary/aromatic N) is 5. The summed E-state index contributed by atoms with van der Waals surface area (Å²) in [6.07, 6.45) is 0. The van der Waals surface area contributed by atoms with E-state index in [2.05, 4.69) is 50.7 Å². The van der Waals surface area contributed by atoms with Crippen molar-refractivity contribution in [3.63, 3.8) is 0 Å². The van der Waals surface area contributed by atoms with Gasteiger partial charge in [0.15, 0.2) is 10.8 Å². The number of hydrogen-bond acceptors (Lipinski definition) is 5. The Kier molecular flexibility index (Phi) is 5.50. The first-order valence-corrected chi connectivity index (χ1v) is 11.4. The Bertz CT molecular complexity index is 1230. The third kappa shape index (κ3) is 3.97. The molecular formula is C23H23F2N5S. The number of pyridine rings is 1. The van der Waals surface area contributed by atoms with Crippen LogP contribution in [0.25, 0.3) is 16.6 Å². The number of para-hydroxylation sites is 1. The standard InChI is InChI=1S/C23H23F2N5S/c1-16-14-22-26-27-23(30(22)20-5-3-2-4-18(16)20)31-13-12-28-8-10-29(11-9-28)21-7-6-17(24)15-19(21)25/h2-7,14-15H,8-13H2,1H3. The van der Waals surface area contributed by atoms with Gasteiger partial charge in [0, 0.05) is 49.9 Å². The number of hydrogen-bond donors (Lipinski definition) is 0. The molecule has 0 radical (unpaired) electrons. The van der Waals surface area contributed by atoms with Crippen LogP contribution >= 0.6 is 11.8 Å². The minimum atomic E-state index is -0.541. The Morgan fingerprint density at radius 1 is 0.968 bits per heavy atom. The maximum Gasteiger partial charge on any atom is 0.196 e. The first-order valence-electron chi connectivity index (χ1n) is 10.4. The normalized spacial score (nSPS) is 15.3. The zero-order valence-corrected chi connectivity index (χ0v) is 18.1. The van der Waals surface area contributed by atoms with E-state index < -0.39 is 11.6 Å². The maximum atomic E-state index is 14.0. The number of halogens is 2. The third-order valence-corrected chi connectivity index (χ3v) is 6.74. The lowest BCUT2D eigenvalue weighted by Gasteiger charge is -2.36. The molecule has 31 heavy (non-hydrogen) atoms. The summed E-state index contributed by atoms with van der Waals surface area (Å²) in [5.41, 5.74) is 3.67. The molecule has 0 N–H and O–H groups in total. The number of thioether (sulfide) groups is 1. The first kappa shape index (κ1) is 20.2. The van der Waals surface area contributed by atoms with Gasteiger partial charge in [-0.3, -0.25) is 9.30 Å². The Morgan fingerprint density at radius 2 is 1.77 bits per heavy atom. The fraction of sp³-hybridized carbons (Fsp3) is 0.304. The van der Waals surface area contributed by atoms with Gasteiger partial charge in [-0.1, -0.05) is 30.0 Å². The van der Waals surface area contributed by atoms with Gasteiger partial charge in [-0.25, -0.2) is 8.78 Å². The second kappa shape index (κ2) is 8.43. The van der Waals surface area contributed by atoms with Crippen LogP contribution in [-0.2, 0) is 0 Å². The Labute approximate surface area is 183 Å². The number of fused-ring (bicyclic) bond motifs is 3. The highest BCUT2D eigenvalue weighted by molar-refractivity contribution is 7.99. The van der Waals surface area contributed by atoms with Crippen LogP contribution in [0.5, 0.6) is 0 Å². The molecule has 4 aromatic rings. The van der Waals surface area contributed by atoms with E-state index in [0.29, 0.717) is 5.69 Å². The second-order valence-corrected chi connectivity index (χ2v) is 8.86. The molecule has 0 bridgehead atoms. The molecule has 160 valence electrons. The van der Waals surface area contributed by atoms with Gasteiger partial charge >= 0.3 is 0 Å². The number of anilines is 1. The van der Waals surface area contributed by atoms with Crippen molar-refractivity contribution in [3.8, 4) is 0 Å². The van der Waals surface area contributed by atoms with Crippen LogP contribution < -0.4 is 4.90 Å². The topological polar surface area (TPSA) is 36.7 Å². The van der Waals surface area contributed by atoms with Crippen molar-refractivity contribution in [2.24, 2.45) is 0 Å². The number of aryl methyl sites for hydroxylation is 1. The van der Waals surface area contributed by atoms with Gasteiger partial charge in [0.25, 0.3) is 0 Å². The van der Waals surface area contributed by atoms with Crippen molar-refractivity contribution < 1.29 is 8.78 Å². The molecule has 5 rings (SSSR count). The molecule has 1 aliphatic rings. The van der Waals surface area contributed by atoms with Crippen molar-refractivity contribution in [3.05, 3.63) is 65.7 Å². The highest BCUT2D eigenvalue weighted by Crippen LogP contribution is 2.26. The fourth-order valence-corrected chi connectivity index (χ4v) is 5.14. The van der Waals surface area contributed by atoms with Crippen molar-refractivity contribution in [2.45, 2.75) is 12.1 Å². The molecule has 5 nitrogen and oxygen atoms in total. The molecular weight excluding hydrogens is 416 g/mol. The van der Waals surface area contributed by atoms with E-state index in [1.165, 1.54) is 23.1 Å². The van der Waals surface area contributed by atoms with E-state index in [9.17, 15) is 8.78 Å². The van der Waals surface area contributed by atoms with E-state index in [1.54, 1.807) is 11.8 Å². The van der Waals surface area contributed by atoms with Gasteiger partial charge < -0.3 is 4.90 Å². The summed E-state index contributed by atoms with van der Waals surface area (Å²) in [6.45, 7) is 6.17. The minimum absolute atomic E-state index is 0.479. The van der Waals surface area contributed by atoms with E-state index in [-0.39, 0.29) is 0 Å². The minimum Gasteiger partial charge on any atom is -0.367 e. The fourth-order valence-electron chi connectivity index (χ4n) is 4.18. The lowest BCUT2D eigenvalue weighted by Crippen LogP contribution is -2.47. The van der Waals surface area contributed by atoms with Gasteiger partial charge in [-0.2, -0.15) is 0 Å². The summed E-state index contributed by atoms with van der Waals surface area (Å²) < 4.78 is 29.3. The highest BCUT2D eigenvalue weighted by atomic mass is 32.2. The molecule has 2 aromatic carbocycles. The molecule has 2 aromatic heterocycles. The molecule has 0 spiro atoms. The van der Waals surface area contributed by atoms with Crippen LogP contribution in [0.4, 0.5) is 14.5 Å². The highest BCUT2D eigenvalue weighted by Gasteiger charge is 2.20. The van der Waals surface area contributed by atoms with E-state index in [1.807, 2.05) is 11.0 Å². The van der Waals surface area contributed by atoms with Crippen LogP contribution in [0.15, 0.2) is 53.7 Å². The van der Waals surface area contributed by atoms with Gasteiger partial charge in [-0.15, -0.1) is 10.2 Å². The van der Waals surface area contributed by atoms with Gasteiger partial charge in [0.1, 0.15) is 11.6 Å². The lowest BCUT2D eigenvalue weighted by atomic mass is 10.1.